The highest BCUT2D eigenvalue weighted by atomic mass is 32.2. The van der Waals surface area contributed by atoms with Gasteiger partial charge in [0.1, 0.15) is 6.10 Å². The number of aliphatic hydroxyl groups excluding tert-OH is 1. The molecule has 1 heterocycles. The van der Waals surface area contributed by atoms with Gasteiger partial charge in [0.15, 0.2) is 0 Å². The van der Waals surface area contributed by atoms with Gasteiger partial charge < -0.3 is 19.9 Å². The molecule has 3 rings (SSSR count). The van der Waals surface area contributed by atoms with Crippen LogP contribution in [0, 0.1) is 5.92 Å². The monoisotopic (exact) mass is 531 g/mol. The van der Waals surface area contributed by atoms with Gasteiger partial charge >= 0.3 is 6.09 Å². The fraction of sp³-hybridized carbons (Fsp3) is 0.480. The zero-order valence-electron chi connectivity index (χ0n) is 20.9. The van der Waals surface area contributed by atoms with Crippen molar-refractivity contribution in [3.63, 3.8) is 0 Å². The number of benzene rings is 2. The molecule has 0 aromatic heterocycles. The lowest BCUT2D eigenvalue weighted by Crippen LogP contribution is -2.51. The number of nitrogens with one attached hydrogen (secondary N) is 1. The van der Waals surface area contributed by atoms with Crippen LogP contribution in [-0.2, 0) is 25.9 Å². The summed E-state index contributed by atoms with van der Waals surface area (Å²) in [4.78, 5) is 15.3. The van der Waals surface area contributed by atoms with Crippen molar-refractivity contribution >= 4 is 21.8 Å². The van der Waals surface area contributed by atoms with Crippen LogP contribution in [0.15, 0.2) is 64.6 Å². The third-order valence-electron chi connectivity index (χ3n) is 5.82. The van der Waals surface area contributed by atoms with E-state index in [1.807, 2.05) is 44.2 Å². The van der Waals surface area contributed by atoms with Gasteiger partial charge in [-0.15, -0.1) is 0 Å². The third kappa shape index (κ3) is 8.44. The standard InChI is InChI=1S/C25H33N5O6S/c1-18(2)15-30(37(33,34)22-10-8-20(9-11-22)28-29-26)16-24(31)23(14-19-6-4-3-5-7-19)27-25(32)36-21-12-13-35-17-21/h3-11,18,21,23-24,31H,12-17H2,1-2H3,(H,27,32)/t21?,23-,24+/m0/s1. The largest absolute Gasteiger partial charge is 0.444 e. The second kappa shape index (κ2) is 13.4. The molecule has 3 atom stereocenters. The first-order valence-electron chi connectivity index (χ1n) is 12.1. The van der Waals surface area contributed by atoms with E-state index in [1.165, 1.54) is 28.6 Å². The molecule has 0 aliphatic carbocycles. The first-order valence-corrected chi connectivity index (χ1v) is 13.5. The molecule has 2 aromatic rings. The first kappa shape index (κ1) is 28.4. The molecule has 0 spiro atoms. The van der Waals surface area contributed by atoms with Crippen LogP contribution in [-0.4, -0.2) is 68.5 Å². The van der Waals surface area contributed by atoms with Crippen LogP contribution in [0.2, 0.25) is 0 Å². The van der Waals surface area contributed by atoms with Crippen molar-refractivity contribution in [1.82, 2.24) is 9.62 Å². The summed E-state index contributed by atoms with van der Waals surface area (Å²) < 4.78 is 38.9. The third-order valence-corrected chi connectivity index (χ3v) is 7.67. The van der Waals surface area contributed by atoms with Crippen molar-refractivity contribution < 1.29 is 27.8 Å². The SMILES string of the molecule is CC(C)CN(C[C@@H](O)[C@H](Cc1ccccc1)NC(=O)OC1CCOC1)S(=O)(=O)c1ccc(N=[N+]=[N-])cc1. The number of carbonyl (C=O) groups excluding carboxylic acids is 1. The topological polar surface area (TPSA) is 154 Å². The predicted octanol–water partition coefficient (Wildman–Crippen LogP) is 3.76. The summed E-state index contributed by atoms with van der Waals surface area (Å²) in [5, 5.41) is 17.4. The Labute approximate surface area is 217 Å². The maximum Gasteiger partial charge on any atom is 0.407 e. The molecule has 1 amide bonds. The summed E-state index contributed by atoms with van der Waals surface area (Å²) in [6, 6.07) is 14.0. The zero-order chi connectivity index (χ0) is 26.8. The lowest BCUT2D eigenvalue weighted by Gasteiger charge is -2.30. The summed E-state index contributed by atoms with van der Waals surface area (Å²) in [6.45, 7) is 4.49. The van der Waals surface area contributed by atoms with E-state index in [0.29, 0.717) is 19.6 Å². The lowest BCUT2D eigenvalue weighted by molar-refractivity contribution is 0.0644. The molecule has 1 aliphatic rings. The van der Waals surface area contributed by atoms with Gasteiger partial charge in [0, 0.05) is 30.1 Å². The Balaban J connectivity index is 1.81. The Kier molecular flexibility index (Phi) is 10.3. The number of nitrogens with zero attached hydrogens (tertiary/aromatic N) is 4. The van der Waals surface area contributed by atoms with E-state index in [0.717, 1.165) is 5.56 Å². The number of amides is 1. The summed E-state index contributed by atoms with van der Waals surface area (Å²) >= 11 is 0. The fourth-order valence-corrected chi connectivity index (χ4v) is 5.61. The molecule has 2 aromatic carbocycles. The zero-order valence-corrected chi connectivity index (χ0v) is 21.8. The lowest BCUT2D eigenvalue weighted by atomic mass is 10.0. The fourth-order valence-electron chi connectivity index (χ4n) is 3.99. The number of aliphatic hydroxyl groups is 1. The second-order valence-electron chi connectivity index (χ2n) is 9.30. The number of carbonyl (C=O) groups is 1. The smallest absolute Gasteiger partial charge is 0.407 e. The maximum absolute atomic E-state index is 13.5. The molecule has 2 N–H and O–H groups in total. The van der Waals surface area contributed by atoms with Crippen LogP contribution in [0.4, 0.5) is 10.5 Å². The summed E-state index contributed by atoms with van der Waals surface area (Å²) in [5.41, 5.74) is 9.74. The van der Waals surface area contributed by atoms with E-state index in [1.54, 1.807) is 0 Å². The molecule has 0 radical (unpaired) electrons. The van der Waals surface area contributed by atoms with E-state index in [9.17, 15) is 18.3 Å². The number of hydrogen-bond acceptors (Lipinski definition) is 7. The molecule has 0 bridgehead atoms. The van der Waals surface area contributed by atoms with E-state index in [4.69, 9.17) is 15.0 Å². The van der Waals surface area contributed by atoms with Crippen molar-refractivity contribution in [2.45, 2.75) is 49.8 Å². The van der Waals surface area contributed by atoms with Crippen molar-refractivity contribution in [1.29, 1.82) is 0 Å². The molecule has 1 fully saturated rings. The average Bonchev–Trinajstić information content (AvgIpc) is 3.37. The highest BCUT2D eigenvalue weighted by Crippen LogP contribution is 2.22. The van der Waals surface area contributed by atoms with Crippen molar-refractivity contribution in [3.05, 3.63) is 70.6 Å². The second-order valence-corrected chi connectivity index (χ2v) is 11.2. The molecule has 1 aliphatic heterocycles. The van der Waals surface area contributed by atoms with E-state index in [-0.39, 0.29) is 42.1 Å². The first-order chi connectivity index (χ1) is 17.7. The minimum Gasteiger partial charge on any atom is -0.444 e. The quantitative estimate of drug-likeness (QED) is 0.241. The van der Waals surface area contributed by atoms with E-state index >= 15 is 0 Å². The van der Waals surface area contributed by atoms with Crippen LogP contribution >= 0.6 is 0 Å². The van der Waals surface area contributed by atoms with Gasteiger partial charge in [0.05, 0.1) is 30.3 Å². The molecule has 1 unspecified atom stereocenters. The summed E-state index contributed by atoms with van der Waals surface area (Å²) in [5.74, 6) is -0.0303. The predicted molar refractivity (Wildman–Crippen MR) is 138 cm³/mol. The Bertz CT molecular complexity index is 1160. The van der Waals surface area contributed by atoms with Crippen LogP contribution in [0.5, 0.6) is 0 Å². The minimum absolute atomic E-state index is 0.00505. The van der Waals surface area contributed by atoms with Gasteiger partial charge in [0.25, 0.3) is 0 Å². The summed E-state index contributed by atoms with van der Waals surface area (Å²) in [7, 11) is -4.00. The van der Waals surface area contributed by atoms with Gasteiger partial charge in [-0.25, -0.2) is 13.2 Å². The Morgan fingerprint density at radius 1 is 1.22 bits per heavy atom. The number of rotatable bonds is 12. The number of sulfonamides is 1. The van der Waals surface area contributed by atoms with Gasteiger partial charge in [-0.1, -0.05) is 61.4 Å². The number of azide groups is 1. The van der Waals surface area contributed by atoms with E-state index in [2.05, 4.69) is 15.3 Å². The summed E-state index contributed by atoms with van der Waals surface area (Å²) in [6.07, 6.45) is -1.42. The molecule has 0 saturated carbocycles. The van der Waals surface area contributed by atoms with Crippen molar-refractivity contribution in [3.8, 4) is 0 Å². The highest BCUT2D eigenvalue weighted by molar-refractivity contribution is 7.89. The van der Waals surface area contributed by atoms with Gasteiger partial charge in [-0.05, 0) is 35.6 Å². The number of ether oxygens (including phenoxy) is 2. The Hall–Kier alpha value is -3.15. The molecular weight excluding hydrogens is 498 g/mol. The van der Waals surface area contributed by atoms with Gasteiger partial charge in [-0.3, -0.25) is 0 Å². The van der Waals surface area contributed by atoms with Crippen LogP contribution in [0.25, 0.3) is 10.4 Å². The maximum atomic E-state index is 13.5. The molecule has 12 heteroatoms. The number of alkyl carbamates (subject to hydrolysis) is 1. The molecule has 1 saturated heterocycles. The average molecular weight is 532 g/mol. The van der Waals surface area contributed by atoms with Gasteiger partial charge in [-0.2, -0.15) is 4.31 Å². The highest BCUT2D eigenvalue weighted by Gasteiger charge is 2.32. The van der Waals surface area contributed by atoms with Gasteiger partial charge in [0.2, 0.25) is 10.0 Å². The Morgan fingerprint density at radius 3 is 2.51 bits per heavy atom. The Morgan fingerprint density at radius 2 is 1.92 bits per heavy atom. The normalized spacial score (nSPS) is 17.3. The van der Waals surface area contributed by atoms with Crippen LogP contribution < -0.4 is 5.32 Å². The number of hydrogen-bond donors (Lipinski definition) is 2. The van der Waals surface area contributed by atoms with E-state index < -0.39 is 28.3 Å². The van der Waals surface area contributed by atoms with Crippen LogP contribution in [0.1, 0.15) is 25.8 Å². The molecule has 200 valence electrons. The molecular formula is C25H33N5O6S. The van der Waals surface area contributed by atoms with Crippen LogP contribution in [0.3, 0.4) is 0 Å². The molecule has 11 nitrogen and oxygen atoms in total. The van der Waals surface area contributed by atoms with Crippen molar-refractivity contribution in [2.24, 2.45) is 11.0 Å². The van der Waals surface area contributed by atoms with Crippen molar-refractivity contribution in [2.75, 3.05) is 26.3 Å². The minimum atomic E-state index is -4.00. The molecule has 37 heavy (non-hydrogen) atoms.